The van der Waals surface area contributed by atoms with Gasteiger partial charge in [0.25, 0.3) is 0 Å². The molecule has 2 N–H and O–H groups in total. The number of likely N-dealkylation sites (N-methyl/N-ethyl adjacent to an activating group) is 1. The van der Waals surface area contributed by atoms with Crippen LogP contribution in [0, 0.1) is 0 Å². The van der Waals surface area contributed by atoms with Crippen molar-refractivity contribution in [3.63, 3.8) is 0 Å². The van der Waals surface area contributed by atoms with E-state index >= 15 is 0 Å². The van der Waals surface area contributed by atoms with Gasteiger partial charge in [0, 0.05) is 24.3 Å². The van der Waals surface area contributed by atoms with Gasteiger partial charge in [0.1, 0.15) is 0 Å². The summed E-state index contributed by atoms with van der Waals surface area (Å²) in [5, 5.41) is 10.5. The lowest BCUT2D eigenvalue weighted by molar-refractivity contribution is -0.130. The Kier molecular flexibility index (Phi) is 4.01. The molecule has 1 aromatic heterocycles. The number of carbonyl (C=O) groups excluding carboxylic acids is 1. The van der Waals surface area contributed by atoms with Gasteiger partial charge in [-0.3, -0.25) is 9.89 Å². The van der Waals surface area contributed by atoms with Crippen molar-refractivity contribution in [1.29, 1.82) is 0 Å². The molecular formula is C13H22N4O. The first-order valence-corrected chi connectivity index (χ1v) is 6.61. The van der Waals surface area contributed by atoms with Gasteiger partial charge < -0.3 is 10.2 Å². The largest absolute Gasteiger partial charge is 0.337 e. The van der Waals surface area contributed by atoms with Gasteiger partial charge >= 0.3 is 0 Å². The number of nitrogens with zero attached hydrogens (tertiary/aromatic N) is 2. The second-order valence-corrected chi connectivity index (χ2v) is 5.17. The van der Waals surface area contributed by atoms with E-state index in [2.05, 4.69) is 29.4 Å². The summed E-state index contributed by atoms with van der Waals surface area (Å²) in [6.07, 6.45) is 1.99. The summed E-state index contributed by atoms with van der Waals surface area (Å²) in [7, 11) is 1.80. The number of fused-ring (bicyclic) bond motifs is 1. The molecule has 5 heteroatoms. The molecule has 0 radical (unpaired) electrons. The maximum Gasteiger partial charge on any atom is 0.236 e. The van der Waals surface area contributed by atoms with Gasteiger partial charge in [-0.05, 0) is 25.8 Å². The van der Waals surface area contributed by atoms with Crippen molar-refractivity contribution in [2.75, 3.05) is 20.1 Å². The fraction of sp³-hybridized carbons (Fsp3) is 0.692. The summed E-state index contributed by atoms with van der Waals surface area (Å²) in [6, 6.07) is 0. The molecule has 0 atom stereocenters. The molecule has 0 aliphatic carbocycles. The minimum Gasteiger partial charge on any atom is -0.337 e. The van der Waals surface area contributed by atoms with E-state index in [4.69, 9.17) is 0 Å². The Bertz CT molecular complexity index is 425. The van der Waals surface area contributed by atoms with Crippen LogP contribution < -0.4 is 5.32 Å². The number of aromatic amines is 1. The summed E-state index contributed by atoms with van der Waals surface area (Å²) in [4.78, 5) is 13.9. The fourth-order valence-electron chi connectivity index (χ4n) is 2.47. The molecule has 1 aliphatic heterocycles. The summed E-state index contributed by atoms with van der Waals surface area (Å²) in [5.74, 6) is 0.561. The second kappa shape index (κ2) is 5.52. The number of nitrogens with one attached hydrogen (secondary N) is 2. The predicted molar refractivity (Wildman–Crippen MR) is 70.3 cm³/mol. The van der Waals surface area contributed by atoms with E-state index in [0.29, 0.717) is 19.0 Å². The molecule has 0 unspecified atom stereocenters. The molecule has 2 rings (SSSR count). The maximum absolute atomic E-state index is 12.0. The zero-order valence-corrected chi connectivity index (χ0v) is 11.4. The summed E-state index contributed by atoms with van der Waals surface area (Å²) < 4.78 is 0. The number of hydrogen-bond acceptors (Lipinski definition) is 3. The van der Waals surface area contributed by atoms with Crippen LogP contribution in [0.25, 0.3) is 0 Å². The van der Waals surface area contributed by atoms with E-state index in [-0.39, 0.29) is 5.91 Å². The molecule has 0 bridgehead atoms. The van der Waals surface area contributed by atoms with Crippen molar-refractivity contribution >= 4 is 5.91 Å². The smallest absolute Gasteiger partial charge is 0.236 e. The Balaban J connectivity index is 2.21. The predicted octanol–water partition coefficient (Wildman–Crippen LogP) is 1.03. The molecule has 2 heterocycles. The number of hydrogen-bond donors (Lipinski definition) is 2. The van der Waals surface area contributed by atoms with Crippen LogP contribution in [0.4, 0.5) is 0 Å². The van der Waals surface area contributed by atoms with Crippen LogP contribution >= 0.6 is 0 Å². The van der Waals surface area contributed by atoms with Crippen LogP contribution in [-0.2, 0) is 17.8 Å². The van der Waals surface area contributed by atoms with Gasteiger partial charge in [-0.2, -0.15) is 5.10 Å². The van der Waals surface area contributed by atoms with Crippen molar-refractivity contribution in [1.82, 2.24) is 20.4 Å². The third-order valence-electron chi connectivity index (χ3n) is 3.42. The first-order valence-electron chi connectivity index (χ1n) is 6.61. The Labute approximate surface area is 108 Å². The SMILES string of the molecule is CNCC(=O)N1CCCc2[nH]nc(C(C)C)c2C1. The molecule has 100 valence electrons. The van der Waals surface area contributed by atoms with E-state index in [9.17, 15) is 4.79 Å². The molecule has 1 aliphatic rings. The molecule has 1 amide bonds. The van der Waals surface area contributed by atoms with Gasteiger partial charge in [0.15, 0.2) is 0 Å². The molecule has 0 saturated carbocycles. The normalized spacial score (nSPS) is 15.7. The standard InChI is InChI=1S/C13H22N4O/c1-9(2)13-10-8-17(12(18)7-14-3)6-4-5-11(10)15-16-13/h9,14H,4-8H2,1-3H3,(H,15,16). The Morgan fingerprint density at radius 3 is 3.00 bits per heavy atom. The quantitative estimate of drug-likeness (QED) is 0.842. The maximum atomic E-state index is 12.0. The lowest BCUT2D eigenvalue weighted by Crippen LogP contribution is -2.37. The molecule has 0 aromatic carbocycles. The molecule has 5 nitrogen and oxygen atoms in total. The number of rotatable bonds is 3. The van der Waals surface area contributed by atoms with Crippen LogP contribution in [-0.4, -0.2) is 41.1 Å². The molecular weight excluding hydrogens is 228 g/mol. The van der Waals surface area contributed by atoms with Gasteiger partial charge in [0.05, 0.1) is 12.2 Å². The van der Waals surface area contributed by atoms with E-state index < -0.39 is 0 Å². The molecule has 0 saturated heterocycles. The van der Waals surface area contributed by atoms with E-state index in [1.165, 1.54) is 11.3 Å². The van der Waals surface area contributed by atoms with Crippen LogP contribution in [0.2, 0.25) is 0 Å². The highest BCUT2D eigenvalue weighted by Crippen LogP contribution is 2.25. The molecule has 18 heavy (non-hydrogen) atoms. The van der Waals surface area contributed by atoms with E-state index in [1.54, 1.807) is 7.05 Å². The minimum absolute atomic E-state index is 0.168. The summed E-state index contributed by atoms with van der Waals surface area (Å²) in [6.45, 7) is 6.22. The van der Waals surface area contributed by atoms with Gasteiger partial charge in [-0.25, -0.2) is 0 Å². The number of aryl methyl sites for hydroxylation is 1. The van der Waals surface area contributed by atoms with Crippen molar-refractivity contribution in [3.05, 3.63) is 17.0 Å². The van der Waals surface area contributed by atoms with Gasteiger partial charge in [-0.15, -0.1) is 0 Å². The highest BCUT2D eigenvalue weighted by Gasteiger charge is 2.23. The van der Waals surface area contributed by atoms with E-state index in [0.717, 1.165) is 25.1 Å². The molecule has 0 spiro atoms. The Morgan fingerprint density at radius 1 is 1.56 bits per heavy atom. The highest BCUT2D eigenvalue weighted by molar-refractivity contribution is 5.78. The zero-order valence-electron chi connectivity index (χ0n) is 11.4. The Morgan fingerprint density at radius 2 is 2.33 bits per heavy atom. The van der Waals surface area contributed by atoms with Crippen LogP contribution in [0.15, 0.2) is 0 Å². The van der Waals surface area contributed by atoms with Gasteiger partial charge in [0.2, 0.25) is 5.91 Å². The number of aromatic nitrogens is 2. The van der Waals surface area contributed by atoms with Crippen LogP contribution in [0.5, 0.6) is 0 Å². The summed E-state index contributed by atoms with van der Waals surface area (Å²) in [5.41, 5.74) is 3.54. The van der Waals surface area contributed by atoms with Crippen molar-refractivity contribution in [3.8, 4) is 0 Å². The first kappa shape index (κ1) is 13.1. The lowest BCUT2D eigenvalue weighted by atomic mass is 10.0. The van der Waals surface area contributed by atoms with Crippen molar-refractivity contribution in [2.45, 2.75) is 39.2 Å². The fourth-order valence-corrected chi connectivity index (χ4v) is 2.47. The van der Waals surface area contributed by atoms with Crippen LogP contribution in [0.3, 0.4) is 0 Å². The summed E-state index contributed by atoms with van der Waals surface area (Å²) >= 11 is 0. The molecule has 0 fully saturated rings. The third kappa shape index (κ3) is 2.56. The van der Waals surface area contributed by atoms with Crippen molar-refractivity contribution in [2.24, 2.45) is 0 Å². The third-order valence-corrected chi connectivity index (χ3v) is 3.42. The molecule has 1 aromatic rings. The average molecular weight is 250 g/mol. The highest BCUT2D eigenvalue weighted by atomic mass is 16.2. The lowest BCUT2D eigenvalue weighted by Gasteiger charge is -2.21. The average Bonchev–Trinajstić information content (AvgIpc) is 2.60. The first-order chi connectivity index (χ1) is 8.63. The second-order valence-electron chi connectivity index (χ2n) is 5.17. The number of H-pyrrole nitrogens is 1. The van der Waals surface area contributed by atoms with Crippen LogP contribution in [0.1, 0.15) is 43.1 Å². The topological polar surface area (TPSA) is 61.0 Å². The Hall–Kier alpha value is -1.36. The monoisotopic (exact) mass is 250 g/mol. The number of amides is 1. The van der Waals surface area contributed by atoms with Crippen molar-refractivity contribution < 1.29 is 4.79 Å². The number of carbonyl (C=O) groups is 1. The minimum atomic E-state index is 0.168. The zero-order chi connectivity index (χ0) is 13.1. The van der Waals surface area contributed by atoms with E-state index in [1.807, 2.05) is 4.90 Å². The van der Waals surface area contributed by atoms with Gasteiger partial charge in [-0.1, -0.05) is 13.8 Å².